The molecule has 0 spiro atoms. The van der Waals surface area contributed by atoms with E-state index in [2.05, 4.69) is 0 Å². The first-order valence-corrected chi connectivity index (χ1v) is 14.8. The lowest BCUT2D eigenvalue weighted by Gasteiger charge is -2.22. The molecule has 10 heteroatoms. The summed E-state index contributed by atoms with van der Waals surface area (Å²) in [7, 11) is 1.61. The number of thioether (sulfide) groups is 2. The summed E-state index contributed by atoms with van der Waals surface area (Å²) in [5, 5.41) is 6.68. The highest BCUT2D eigenvalue weighted by molar-refractivity contribution is 8.00. The van der Waals surface area contributed by atoms with Gasteiger partial charge in [0.1, 0.15) is 11.6 Å². The van der Waals surface area contributed by atoms with Crippen molar-refractivity contribution in [2.24, 2.45) is 5.10 Å². The van der Waals surface area contributed by atoms with Crippen LogP contribution in [0.15, 0.2) is 98.8 Å². The second-order valence-electron chi connectivity index (χ2n) is 9.32. The van der Waals surface area contributed by atoms with Crippen LogP contribution >= 0.6 is 23.5 Å². The minimum Gasteiger partial charge on any atom is -0.497 e. The van der Waals surface area contributed by atoms with E-state index in [-0.39, 0.29) is 29.1 Å². The average Bonchev–Trinajstić information content (AvgIpc) is 3.65. The Morgan fingerprint density at radius 1 is 1.07 bits per heavy atom. The van der Waals surface area contributed by atoms with Crippen LogP contribution < -0.4 is 10.3 Å². The van der Waals surface area contributed by atoms with Gasteiger partial charge in [0.25, 0.3) is 11.5 Å². The Labute approximate surface area is 239 Å². The maximum Gasteiger partial charge on any atom is 0.272 e. The van der Waals surface area contributed by atoms with E-state index in [9.17, 15) is 14.0 Å². The number of hydrogen-bond acceptors (Lipinski definition) is 7. The summed E-state index contributed by atoms with van der Waals surface area (Å²) in [6, 6.07) is 22.6. The van der Waals surface area contributed by atoms with Crippen molar-refractivity contribution in [2.45, 2.75) is 28.9 Å². The fourth-order valence-electron chi connectivity index (χ4n) is 4.83. The van der Waals surface area contributed by atoms with E-state index in [4.69, 9.17) is 14.8 Å². The zero-order chi connectivity index (χ0) is 27.6. The average molecular weight is 573 g/mol. The number of para-hydroxylation sites is 1. The molecule has 202 valence electrons. The summed E-state index contributed by atoms with van der Waals surface area (Å²) in [5.41, 5.74) is 3.80. The molecular formula is C30H25FN4O3S2. The van der Waals surface area contributed by atoms with Crippen LogP contribution in [0.3, 0.4) is 0 Å². The van der Waals surface area contributed by atoms with Gasteiger partial charge in [0.15, 0.2) is 5.16 Å². The molecule has 2 aliphatic rings. The Morgan fingerprint density at radius 2 is 1.82 bits per heavy atom. The van der Waals surface area contributed by atoms with E-state index in [1.807, 2.05) is 54.6 Å². The molecule has 0 saturated heterocycles. The number of hydrazone groups is 1. The molecule has 0 radical (unpaired) electrons. The van der Waals surface area contributed by atoms with Crippen molar-refractivity contribution in [3.63, 3.8) is 0 Å². The molecule has 1 unspecified atom stereocenters. The van der Waals surface area contributed by atoms with Gasteiger partial charge in [0, 0.05) is 18.6 Å². The van der Waals surface area contributed by atoms with E-state index < -0.39 is 0 Å². The van der Waals surface area contributed by atoms with Gasteiger partial charge in [0.05, 0.1) is 40.9 Å². The van der Waals surface area contributed by atoms with E-state index in [0.717, 1.165) is 40.5 Å². The highest BCUT2D eigenvalue weighted by Crippen LogP contribution is 2.35. The number of amides is 1. The monoisotopic (exact) mass is 572 g/mol. The van der Waals surface area contributed by atoms with Gasteiger partial charge in [-0.05, 0) is 59.7 Å². The topological polar surface area (TPSA) is 76.8 Å². The van der Waals surface area contributed by atoms with Crippen LogP contribution in [0.1, 0.15) is 29.3 Å². The predicted molar refractivity (Wildman–Crippen MR) is 155 cm³/mol. The normalized spacial score (nSPS) is 16.1. The quantitative estimate of drug-likeness (QED) is 0.215. The molecule has 1 atom stereocenters. The molecule has 0 N–H and O–H groups in total. The fourth-order valence-corrected chi connectivity index (χ4v) is 6.73. The molecular weight excluding hydrogens is 547 g/mol. The maximum atomic E-state index is 13.7. The van der Waals surface area contributed by atoms with Gasteiger partial charge in [-0.3, -0.25) is 14.2 Å². The van der Waals surface area contributed by atoms with Crippen LogP contribution in [0.5, 0.6) is 5.75 Å². The maximum absolute atomic E-state index is 13.7. The molecule has 0 fully saturated rings. The van der Waals surface area contributed by atoms with E-state index in [1.54, 1.807) is 23.8 Å². The van der Waals surface area contributed by atoms with Gasteiger partial charge in [-0.25, -0.2) is 14.4 Å². The number of aromatic nitrogens is 2. The molecule has 6 rings (SSSR count). The Kier molecular flexibility index (Phi) is 7.44. The van der Waals surface area contributed by atoms with Crippen molar-refractivity contribution in [3.8, 4) is 11.4 Å². The standard InChI is InChI=1S/C30H25FN4O3S2/c1-38-23-13-9-19(10-14-23)25-17-26(20-7-11-21(31)12-8-20)35(33-25)27(36)18-40-30-32-24-15-16-39-28(24)29(37)34(30)22-5-3-2-4-6-22/h2-14,26H,15-18H2,1H3. The predicted octanol–water partition coefficient (Wildman–Crippen LogP) is 5.50. The molecule has 3 heterocycles. The lowest BCUT2D eigenvalue weighted by atomic mass is 9.98. The molecule has 40 heavy (non-hydrogen) atoms. The lowest BCUT2D eigenvalue weighted by molar-refractivity contribution is -0.130. The second kappa shape index (κ2) is 11.3. The highest BCUT2D eigenvalue weighted by atomic mass is 32.2. The third-order valence-corrected chi connectivity index (χ3v) is 8.88. The van der Waals surface area contributed by atoms with Gasteiger partial charge in [0.2, 0.25) is 0 Å². The van der Waals surface area contributed by atoms with E-state index in [0.29, 0.717) is 22.2 Å². The lowest BCUT2D eigenvalue weighted by Crippen LogP contribution is -2.29. The SMILES string of the molecule is COc1ccc(C2=NN(C(=O)CSc3nc4c(c(=O)n3-c3ccccc3)SCC4)C(c3ccc(F)cc3)C2)cc1. The summed E-state index contributed by atoms with van der Waals surface area (Å²) < 4.78 is 20.6. The van der Waals surface area contributed by atoms with Crippen molar-refractivity contribution < 1.29 is 13.9 Å². The van der Waals surface area contributed by atoms with Crippen LogP contribution in [0.25, 0.3) is 5.69 Å². The summed E-state index contributed by atoms with van der Waals surface area (Å²) in [4.78, 5) is 32.6. The molecule has 1 aromatic heterocycles. The summed E-state index contributed by atoms with van der Waals surface area (Å²) in [5.74, 6) is 1.00. The number of rotatable bonds is 7. The van der Waals surface area contributed by atoms with Crippen LogP contribution in [-0.2, 0) is 11.2 Å². The Hall–Kier alpha value is -3.89. The number of ether oxygens (including phenoxy) is 1. The third-order valence-electron chi connectivity index (χ3n) is 6.85. The number of carbonyl (C=O) groups excluding carboxylic acids is 1. The van der Waals surface area contributed by atoms with Crippen LogP contribution in [0.2, 0.25) is 0 Å². The molecule has 0 aliphatic carbocycles. The molecule has 1 amide bonds. The fraction of sp³-hybridized carbons (Fsp3) is 0.200. The summed E-state index contributed by atoms with van der Waals surface area (Å²) >= 11 is 2.75. The Bertz CT molecular complexity index is 1640. The number of hydrogen-bond donors (Lipinski definition) is 0. The van der Waals surface area contributed by atoms with Gasteiger partial charge in [-0.1, -0.05) is 42.1 Å². The molecule has 0 saturated carbocycles. The smallest absolute Gasteiger partial charge is 0.272 e. The van der Waals surface area contributed by atoms with Crippen LogP contribution in [-0.4, -0.2) is 44.8 Å². The van der Waals surface area contributed by atoms with Crippen molar-refractivity contribution in [1.82, 2.24) is 14.6 Å². The minimum atomic E-state index is -0.383. The summed E-state index contributed by atoms with van der Waals surface area (Å²) in [6.45, 7) is 0. The number of fused-ring (bicyclic) bond motifs is 1. The zero-order valence-electron chi connectivity index (χ0n) is 21.6. The number of carbonyl (C=O) groups is 1. The van der Waals surface area contributed by atoms with Crippen molar-refractivity contribution in [1.29, 1.82) is 0 Å². The number of nitrogens with zero attached hydrogens (tertiary/aromatic N) is 4. The van der Waals surface area contributed by atoms with Gasteiger partial charge in [-0.2, -0.15) is 5.10 Å². The Balaban J connectivity index is 1.31. The first-order valence-electron chi connectivity index (χ1n) is 12.8. The summed E-state index contributed by atoms with van der Waals surface area (Å²) in [6.07, 6.45) is 1.21. The third kappa shape index (κ3) is 5.16. The van der Waals surface area contributed by atoms with Crippen LogP contribution in [0, 0.1) is 5.82 Å². The number of halogens is 1. The van der Waals surface area contributed by atoms with Crippen molar-refractivity contribution >= 4 is 35.1 Å². The van der Waals surface area contributed by atoms with E-state index in [1.165, 1.54) is 40.7 Å². The Morgan fingerprint density at radius 3 is 2.55 bits per heavy atom. The second-order valence-corrected chi connectivity index (χ2v) is 11.4. The largest absolute Gasteiger partial charge is 0.497 e. The molecule has 0 bridgehead atoms. The van der Waals surface area contributed by atoms with Gasteiger partial charge in [-0.15, -0.1) is 11.8 Å². The molecule has 3 aromatic carbocycles. The number of benzene rings is 3. The molecule has 4 aromatic rings. The first-order chi connectivity index (χ1) is 19.5. The number of aryl methyl sites for hydroxylation is 1. The molecule has 2 aliphatic heterocycles. The van der Waals surface area contributed by atoms with Gasteiger partial charge >= 0.3 is 0 Å². The van der Waals surface area contributed by atoms with Crippen molar-refractivity contribution in [2.75, 3.05) is 18.6 Å². The first kappa shape index (κ1) is 26.3. The van der Waals surface area contributed by atoms with E-state index >= 15 is 0 Å². The van der Waals surface area contributed by atoms with Crippen LogP contribution in [0.4, 0.5) is 4.39 Å². The molecule has 7 nitrogen and oxygen atoms in total. The zero-order valence-corrected chi connectivity index (χ0v) is 23.3. The minimum absolute atomic E-state index is 0.0300. The highest BCUT2D eigenvalue weighted by Gasteiger charge is 2.33. The number of methoxy groups -OCH3 is 1. The van der Waals surface area contributed by atoms with Gasteiger partial charge < -0.3 is 4.74 Å². The van der Waals surface area contributed by atoms with Crippen molar-refractivity contribution in [3.05, 3.63) is 112 Å².